The topological polar surface area (TPSA) is 326 Å². The van der Waals surface area contributed by atoms with E-state index in [9.17, 15) is 64.3 Å². The number of β-lactam (4-membered cyclic amide) rings is 1. The zero-order valence-corrected chi connectivity index (χ0v) is 35.6. The molecule has 65 heavy (non-hydrogen) atoms. The van der Waals surface area contributed by atoms with Crippen LogP contribution in [0, 0.1) is 0 Å². The highest BCUT2D eigenvalue weighted by Crippen LogP contribution is 2.41. The number of phenols is 4. The Kier molecular flexibility index (Phi) is 14.9. The van der Waals surface area contributed by atoms with Gasteiger partial charge in [-0.1, -0.05) is 54.1 Å². The van der Waals surface area contributed by atoms with Crippen LogP contribution in [0.4, 0.5) is 4.79 Å². The van der Waals surface area contributed by atoms with Gasteiger partial charge in [-0.05, 0) is 49.6 Å². The number of rotatable bonds is 17. The minimum Gasteiger partial charge on any atom is -0.504 e. The minimum atomic E-state index is -1.56. The van der Waals surface area contributed by atoms with Gasteiger partial charge in [-0.2, -0.15) is 0 Å². The van der Waals surface area contributed by atoms with Gasteiger partial charge in [0.15, 0.2) is 29.0 Å². The molecule has 6 amide bonds. The number of nitrogens with one attached hydrogen (secondary N) is 4. The molecule has 24 heteroatoms. The quantitative estimate of drug-likeness (QED) is 0.0228. The molecule has 0 saturated carbocycles. The summed E-state index contributed by atoms with van der Waals surface area (Å²) in [6, 6.07) is 9.09. The van der Waals surface area contributed by atoms with E-state index >= 15 is 0 Å². The van der Waals surface area contributed by atoms with Crippen molar-refractivity contribution >= 4 is 70.9 Å². The number of hydrogen-bond donors (Lipinski definition) is 10. The second-order valence-electron chi connectivity index (χ2n) is 14.6. The number of ether oxygens (including phenoxy) is 2. The average Bonchev–Trinajstić information content (AvgIpc) is 3.68. The number of para-hydroxylation sites is 2. The van der Waals surface area contributed by atoms with Crippen LogP contribution in [0.15, 0.2) is 82.5 Å². The maximum absolute atomic E-state index is 13.6. The molecule has 0 bridgehead atoms. The number of carboxylic acid groups (broad SMARTS) is 1. The van der Waals surface area contributed by atoms with E-state index in [0.717, 1.165) is 28.8 Å². The zero-order chi connectivity index (χ0) is 47.1. The van der Waals surface area contributed by atoms with Crippen LogP contribution in [0.25, 0.3) is 0 Å². The SMILES string of the molecule is C[C@H]1OC(c2cccc(O)c2O)=N[C@@H]1C(=O)N[C@@H](COC(=O)c1cccc(O)c1O)C(=O)NCCCCN(O)C(=O)N[C@@H](C(=O)N[C@@H]1C(=O)N2C(C(=O)O)=C(Cl)CS[C@H]12)c1ccccc1. The summed E-state index contributed by atoms with van der Waals surface area (Å²) in [7, 11) is 0. The number of hydrogen-bond acceptors (Lipinski definition) is 16. The molecule has 0 aromatic heterocycles. The molecule has 3 heterocycles. The molecule has 3 aromatic rings. The smallest absolute Gasteiger partial charge is 0.353 e. The number of urea groups is 1. The highest BCUT2D eigenvalue weighted by atomic mass is 35.5. The molecular weight excluding hydrogens is 898 g/mol. The number of aliphatic carboxylic acids is 1. The molecule has 0 spiro atoms. The Morgan fingerprint density at radius 1 is 0.938 bits per heavy atom. The number of hydroxylamine groups is 2. The van der Waals surface area contributed by atoms with Crippen molar-refractivity contribution in [2.45, 2.75) is 55.4 Å². The van der Waals surface area contributed by atoms with Gasteiger partial charge in [0.1, 0.15) is 47.5 Å². The number of amides is 6. The summed E-state index contributed by atoms with van der Waals surface area (Å²) in [4.78, 5) is 96.3. The highest BCUT2D eigenvalue weighted by molar-refractivity contribution is 8.00. The lowest BCUT2D eigenvalue weighted by Gasteiger charge is -2.49. The molecule has 3 aliphatic rings. The van der Waals surface area contributed by atoms with Gasteiger partial charge < -0.3 is 56.3 Å². The van der Waals surface area contributed by atoms with Crippen LogP contribution < -0.4 is 21.3 Å². The molecule has 3 aliphatic heterocycles. The van der Waals surface area contributed by atoms with Gasteiger partial charge in [-0.25, -0.2) is 24.4 Å². The predicted octanol–water partition coefficient (Wildman–Crippen LogP) is 1.36. The molecule has 0 radical (unpaired) electrons. The van der Waals surface area contributed by atoms with Crippen molar-refractivity contribution in [3.63, 3.8) is 0 Å². The fraction of sp³-hybridized carbons (Fsp3) is 0.317. The first-order chi connectivity index (χ1) is 31.0. The third kappa shape index (κ3) is 10.6. The number of phenolic OH excluding ortho intramolecular Hbond substituents is 4. The number of thioether (sulfide) groups is 1. The molecule has 344 valence electrons. The number of aromatic hydroxyl groups is 4. The first-order valence-electron chi connectivity index (χ1n) is 19.7. The third-order valence-electron chi connectivity index (χ3n) is 10.2. The molecular formula is C41H42ClN7O15S. The second kappa shape index (κ2) is 20.5. The Hall–Kier alpha value is -7.24. The van der Waals surface area contributed by atoms with Crippen molar-refractivity contribution in [3.8, 4) is 23.0 Å². The fourth-order valence-electron chi connectivity index (χ4n) is 6.77. The molecule has 1 fully saturated rings. The summed E-state index contributed by atoms with van der Waals surface area (Å²) < 4.78 is 10.9. The Bertz CT molecular complexity index is 2440. The van der Waals surface area contributed by atoms with Crippen molar-refractivity contribution in [1.29, 1.82) is 0 Å². The summed E-state index contributed by atoms with van der Waals surface area (Å²) in [5, 5.41) is 69.8. The highest BCUT2D eigenvalue weighted by Gasteiger charge is 2.54. The number of fused-ring (bicyclic) bond motifs is 1. The van der Waals surface area contributed by atoms with Crippen LogP contribution in [0.2, 0.25) is 0 Å². The van der Waals surface area contributed by atoms with Crippen molar-refractivity contribution in [2.75, 3.05) is 25.4 Å². The van der Waals surface area contributed by atoms with Crippen molar-refractivity contribution in [2.24, 2.45) is 4.99 Å². The van der Waals surface area contributed by atoms with Gasteiger partial charge in [-0.3, -0.25) is 29.3 Å². The third-order valence-corrected chi connectivity index (χ3v) is 11.9. The van der Waals surface area contributed by atoms with Crippen LogP contribution in [0.5, 0.6) is 23.0 Å². The van der Waals surface area contributed by atoms with Gasteiger partial charge in [-0.15, -0.1) is 11.8 Å². The molecule has 6 rings (SSSR count). The maximum atomic E-state index is 13.6. The first-order valence-corrected chi connectivity index (χ1v) is 21.1. The van der Waals surface area contributed by atoms with Crippen LogP contribution in [0.3, 0.4) is 0 Å². The van der Waals surface area contributed by atoms with Crippen molar-refractivity contribution in [1.82, 2.24) is 31.2 Å². The van der Waals surface area contributed by atoms with E-state index in [0.29, 0.717) is 10.6 Å². The van der Waals surface area contributed by atoms with Crippen LogP contribution in [-0.2, 0) is 33.4 Å². The first kappa shape index (κ1) is 47.2. The lowest BCUT2D eigenvalue weighted by Crippen LogP contribution is -2.71. The Morgan fingerprint density at radius 2 is 1.63 bits per heavy atom. The molecule has 10 N–H and O–H groups in total. The number of nitrogens with zero attached hydrogens (tertiary/aromatic N) is 3. The lowest BCUT2D eigenvalue weighted by atomic mass is 10.0. The summed E-state index contributed by atoms with van der Waals surface area (Å²) in [5.41, 5.74) is -0.502. The number of carboxylic acids is 1. The maximum Gasteiger partial charge on any atom is 0.353 e. The largest absolute Gasteiger partial charge is 0.504 e. The van der Waals surface area contributed by atoms with E-state index in [2.05, 4.69) is 26.3 Å². The predicted molar refractivity (Wildman–Crippen MR) is 227 cm³/mol. The van der Waals surface area contributed by atoms with Crippen LogP contribution >= 0.6 is 23.4 Å². The Morgan fingerprint density at radius 3 is 2.34 bits per heavy atom. The van der Waals surface area contributed by atoms with Gasteiger partial charge in [0.2, 0.25) is 23.6 Å². The monoisotopic (exact) mass is 939 g/mol. The van der Waals surface area contributed by atoms with Crippen LogP contribution in [-0.4, -0.2) is 143 Å². The van der Waals surface area contributed by atoms with Crippen molar-refractivity contribution in [3.05, 3.63) is 94.1 Å². The standard InChI is InChI=1S/C41H42ClN7O15S/c1-19-27(46-36(64-19)21-11-7-13-25(50)31(21)52)34(55)44-24(17-63-40(60)22-12-8-14-26(51)32(22)53)33(54)43-15-5-6-16-48(62)41(61)47-28(20-9-3-2-4-10-20)35(56)45-29-37(57)49-30(39(58)59)23(42)18-65-38(29)49/h2-4,7-14,19,24,27-29,38,50-53,62H,5-6,15-18H2,1H3,(H,43,54)(H,44,55)(H,45,56)(H,47,61)(H,58,59)/t19-,24+,27+,28-,29-,38-/m1/s1. The van der Waals surface area contributed by atoms with E-state index in [-0.39, 0.29) is 53.9 Å². The summed E-state index contributed by atoms with van der Waals surface area (Å²) in [6.45, 7) is 0.342. The summed E-state index contributed by atoms with van der Waals surface area (Å²) in [5.74, 6) is -8.21. The van der Waals surface area contributed by atoms with E-state index in [1.165, 1.54) is 43.3 Å². The van der Waals surface area contributed by atoms with E-state index in [1.54, 1.807) is 18.2 Å². The zero-order valence-electron chi connectivity index (χ0n) is 34.0. The fourth-order valence-corrected chi connectivity index (χ4v) is 8.32. The van der Waals surface area contributed by atoms with Gasteiger partial charge in [0.25, 0.3) is 5.91 Å². The molecule has 0 unspecified atom stereocenters. The van der Waals surface area contributed by atoms with Crippen LogP contribution in [0.1, 0.15) is 47.3 Å². The Labute approximate surface area is 377 Å². The summed E-state index contributed by atoms with van der Waals surface area (Å²) in [6.07, 6.45) is -0.696. The lowest BCUT2D eigenvalue weighted by molar-refractivity contribution is -0.150. The molecule has 3 aromatic carbocycles. The number of unbranched alkanes of at least 4 members (excludes halogenated alkanes) is 1. The van der Waals surface area contributed by atoms with Gasteiger partial charge in [0, 0.05) is 12.3 Å². The summed E-state index contributed by atoms with van der Waals surface area (Å²) >= 11 is 7.19. The molecule has 6 atom stereocenters. The molecule has 0 aliphatic carbocycles. The number of aliphatic imine (C=N–C) groups is 1. The second-order valence-corrected chi connectivity index (χ2v) is 16.1. The van der Waals surface area contributed by atoms with E-state index < -0.39 is 112 Å². The number of carbonyl (C=O) groups is 7. The van der Waals surface area contributed by atoms with Crippen molar-refractivity contribution < 1.29 is 73.8 Å². The number of esters is 1. The average molecular weight is 940 g/mol. The number of halogens is 1. The number of benzene rings is 3. The molecule has 1 saturated heterocycles. The van der Waals surface area contributed by atoms with Gasteiger partial charge in [0.05, 0.1) is 17.1 Å². The number of carbonyl (C=O) groups excluding carboxylic acids is 6. The molecule has 22 nitrogen and oxygen atoms in total. The normalized spacial score (nSPS) is 19.6. The van der Waals surface area contributed by atoms with E-state index in [1.807, 2.05) is 0 Å². The Balaban J connectivity index is 1.04. The van der Waals surface area contributed by atoms with E-state index in [4.69, 9.17) is 21.1 Å². The minimum absolute atomic E-state index is 0.00158. The van der Waals surface area contributed by atoms with Gasteiger partial charge >= 0.3 is 18.0 Å².